The van der Waals surface area contributed by atoms with Gasteiger partial charge in [-0.2, -0.15) is 4.31 Å². The molecule has 1 atom stereocenters. The Morgan fingerprint density at radius 1 is 1.45 bits per heavy atom. The fraction of sp³-hybridized carbons (Fsp3) is 0.571. The number of hydrogen-bond donors (Lipinski definition) is 0. The quantitative estimate of drug-likeness (QED) is 0.809. The molecular weight excluding hydrogens is 342 g/mol. The maximum absolute atomic E-state index is 12.8. The lowest BCUT2D eigenvalue weighted by molar-refractivity contribution is 0.0946. The van der Waals surface area contributed by atoms with Crippen molar-refractivity contribution in [3.8, 4) is 0 Å². The van der Waals surface area contributed by atoms with E-state index in [0.29, 0.717) is 18.0 Å². The predicted octanol–water partition coefficient (Wildman–Crippen LogP) is 2.95. The van der Waals surface area contributed by atoms with E-state index in [1.165, 1.54) is 4.31 Å². The van der Waals surface area contributed by atoms with Gasteiger partial charge in [0.25, 0.3) is 0 Å². The molecule has 0 aromatic heterocycles. The van der Waals surface area contributed by atoms with Crippen LogP contribution in [-0.2, 0) is 14.8 Å². The average Bonchev–Trinajstić information content (AvgIpc) is 2.91. The number of halogens is 1. The minimum Gasteiger partial charge on any atom is -0.377 e. The first-order valence-corrected chi connectivity index (χ1v) is 9.06. The number of ether oxygens (including phenoxy) is 1. The van der Waals surface area contributed by atoms with Gasteiger partial charge in [-0.1, -0.05) is 28.9 Å². The van der Waals surface area contributed by atoms with Crippen LogP contribution in [0.4, 0.5) is 0 Å². The van der Waals surface area contributed by atoms with Crippen molar-refractivity contribution in [3.63, 3.8) is 0 Å². The maximum atomic E-state index is 12.8. The van der Waals surface area contributed by atoms with Crippen LogP contribution in [0.25, 0.3) is 0 Å². The second-order valence-electron chi connectivity index (χ2n) is 5.00. The predicted molar refractivity (Wildman–Crippen MR) is 82.3 cm³/mol. The van der Waals surface area contributed by atoms with Crippen LogP contribution in [-0.4, -0.2) is 38.5 Å². The van der Waals surface area contributed by atoms with Crippen LogP contribution in [0, 0.1) is 6.92 Å². The van der Waals surface area contributed by atoms with E-state index in [4.69, 9.17) is 4.74 Å². The van der Waals surface area contributed by atoms with Gasteiger partial charge in [0.2, 0.25) is 10.0 Å². The Hall–Kier alpha value is -0.430. The lowest BCUT2D eigenvalue weighted by Gasteiger charge is -2.24. The van der Waals surface area contributed by atoms with E-state index in [-0.39, 0.29) is 6.10 Å². The standard InChI is InChI=1S/C14H20BrNO3S/c1-3-16(10-13-5-4-8-19-13)20(17,18)14-9-12(15)7-6-11(14)2/h6-7,9,13H,3-5,8,10H2,1-2H3. The summed E-state index contributed by atoms with van der Waals surface area (Å²) < 4.78 is 33.4. The SMILES string of the molecule is CCN(CC1CCCO1)S(=O)(=O)c1cc(Br)ccc1C. The molecule has 0 N–H and O–H groups in total. The van der Waals surface area contributed by atoms with Gasteiger partial charge in [-0.25, -0.2) is 8.42 Å². The van der Waals surface area contributed by atoms with Crippen LogP contribution in [0.15, 0.2) is 27.6 Å². The molecule has 0 aliphatic carbocycles. The largest absolute Gasteiger partial charge is 0.377 e. The van der Waals surface area contributed by atoms with Gasteiger partial charge in [0.1, 0.15) is 0 Å². The first-order valence-electron chi connectivity index (χ1n) is 6.83. The summed E-state index contributed by atoms with van der Waals surface area (Å²) in [6.07, 6.45) is 1.97. The Labute approximate surface area is 129 Å². The Balaban J connectivity index is 2.28. The Kier molecular flexibility index (Phi) is 5.23. The smallest absolute Gasteiger partial charge is 0.243 e. The molecule has 1 fully saturated rings. The van der Waals surface area contributed by atoms with Crippen molar-refractivity contribution in [1.29, 1.82) is 0 Å². The molecule has 1 aliphatic rings. The number of sulfonamides is 1. The zero-order valence-electron chi connectivity index (χ0n) is 11.8. The molecule has 0 spiro atoms. The molecule has 0 saturated carbocycles. The van der Waals surface area contributed by atoms with Crippen molar-refractivity contribution in [2.45, 2.75) is 37.7 Å². The van der Waals surface area contributed by atoms with Crippen molar-refractivity contribution >= 4 is 26.0 Å². The summed E-state index contributed by atoms with van der Waals surface area (Å²) in [6, 6.07) is 5.34. The lowest BCUT2D eigenvalue weighted by Crippen LogP contribution is -2.37. The van der Waals surface area contributed by atoms with Gasteiger partial charge < -0.3 is 4.74 Å². The van der Waals surface area contributed by atoms with E-state index in [2.05, 4.69) is 15.9 Å². The molecule has 6 heteroatoms. The third-order valence-electron chi connectivity index (χ3n) is 3.55. The van der Waals surface area contributed by atoms with Gasteiger partial charge in [-0.3, -0.25) is 0 Å². The maximum Gasteiger partial charge on any atom is 0.243 e. The van der Waals surface area contributed by atoms with Crippen LogP contribution in [0.1, 0.15) is 25.3 Å². The Bertz CT molecular complexity index is 568. The highest BCUT2D eigenvalue weighted by atomic mass is 79.9. The summed E-state index contributed by atoms with van der Waals surface area (Å²) in [5, 5.41) is 0. The Morgan fingerprint density at radius 2 is 2.20 bits per heavy atom. The number of hydrogen-bond acceptors (Lipinski definition) is 3. The summed E-state index contributed by atoms with van der Waals surface area (Å²) >= 11 is 3.34. The third-order valence-corrected chi connectivity index (χ3v) is 6.13. The van der Waals surface area contributed by atoms with Gasteiger partial charge in [0, 0.05) is 24.2 Å². The van der Waals surface area contributed by atoms with E-state index in [9.17, 15) is 8.42 Å². The number of likely N-dealkylation sites (N-methyl/N-ethyl adjacent to an activating group) is 1. The van der Waals surface area contributed by atoms with Crippen molar-refractivity contribution in [3.05, 3.63) is 28.2 Å². The molecule has 1 aromatic carbocycles. The summed E-state index contributed by atoms with van der Waals surface area (Å²) in [7, 11) is -3.47. The fourth-order valence-electron chi connectivity index (χ4n) is 2.40. The second kappa shape index (κ2) is 6.56. The molecule has 112 valence electrons. The molecule has 1 aliphatic heterocycles. The van der Waals surface area contributed by atoms with Gasteiger partial charge in [0.05, 0.1) is 11.0 Å². The summed E-state index contributed by atoms with van der Waals surface area (Å²) in [5.74, 6) is 0. The number of aryl methyl sites for hydroxylation is 1. The van der Waals surface area contributed by atoms with Gasteiger partial charge in [-0.05, 0) is 37.5 Å². The van der Waals surface area contributed by atoms with Gasteiger partial charge in [0.15, 0.2) is 0 Å². The minimum absolute atomic E-state index is 0.0252. The number of rotatable bonds is 5. The normalized spacial score (nSPS) is 19.7. The second-order valence-corrected chi connectivity index (χ2v) is 7.82. The zero-order valence-corrected chi connectivity index (χ0v) is 14.2. The summed E-state index contributed by atoms with van der Waals surface area (Å²) in [6.45, 7) is 5.30. The van der Waals surface area contributed by atoms with E-state index < -0.39 is 10.0 Å². The monoisotopic (exact) mass is 361 g/mol. The summed E-state index contributed by atoms with van der Waals surface area (Å²) in [4.78, 5) is 0.367. The molecule has 1 unspecified atom stereocenters. The Morgan fingerprint density at radius 3 is 2.80 bits per heavy atom. The van der Waals surface area contributed by atoms with Gasteiger partial charge >= 0.3 is 0 Å². The van der Waals surface area contributed by atoms with E-state index in [0.717, 1.165) is 29.5 Å². The first-order chi connectivity index (χ1) is 9.45. The zero-order chi connectivity index (χ0) is 14.8. The van der Waals surface area contributed by atoms with Crippen molar-refractivity contribution in [2.75, 3.05) is 19.7 Å². The molecule has 0 amide bonds. The molecule has 20 heavy (non-hydrogen) atoms. The van der Waals surface area contributed by atoms with E-state index >= 15 is 0 Å². The topological polar surface area (TPSA) is 46.6 Å². The molecule has 0 radical (unpaired) electrons. The van der Waals surface area contributed by atoms with Crippen LogP contribution >= 0.6 is 15.9 Å². The lowest BCUT2D eigenvalue weighted by atomic mass is 10.2. The van der Waals surface area contributed by atoms with E-state index in [1.807, 2.05) is 26.0 Å². The van der Waals surface area contributed by atoms with Crippen LogP contribution in [0.2, 0.25) is 0 Å². The van der Waals surface area contributed by atoms with Crippen LogP contribution in [0.5, 0.6) is 0 Å². The molecule has 1 heterocycles. The molecule has 0 bridgehead atoms. The highest BCUT2D eigenvalue weighted by Gasteiger charge is 2.29. The molecular formula is C14H20BrNO3S. The fourth-order valence-corrected chi connectivity index (χ4v) is 4.65. The van der Waals surface area contributed by atoms with Crippen LogP contribution in [0.3, 0.4) is 0 Å². The van der Waals surface area contributed by atoms with Gasteiger partial charge in [-0.15, -0.1) is 0 Å². The number of nitrogens with zero attached hydrogens (tertiary/aromatic N) is 1. The molecule has 1 aromatic rings. The minimum atomic E-state index is -3.47. The van der Waals surface area contributed by atoms with Crippen LogP contribution < -0.4 is 0 Å². The van der Waals surface area contributed by atoms with Crippen molar-refractivity contribution in [2.24, 2.45) is 0 Å². The average molecular weight is 362 g/mol. The highest BCUT2D eigenvalue weighted by molar-refractivity contribution is 9.10. The van der Waals surface area contributed by atoms with Crippen molar-refractivity contribution < 1.29 is 13.2 Å². The molecule has 1 saturated heterocycles. The number of benzene rings is 1. The summed E-state index contributed by atoms with van der Waals surface area (Å²) in [5.41, 5.74) is 0.763. The molecule has 4 nitrogen and oxygen atoms in total. The first kappa shape index (κ1) is 15.9. The third kappa shape index (κ3) is 3.42. The molecule has 2 rings (SSSR count). The van der Waals surface area contributed by atoms with Crippen molar-refractivity contribution in [1.82, 2.24) is 4.31 Å². The highest BCUT2D eigenvalue weighted by Crippen LogP contribution is 2.25. The van der Waals surface area contributed by atoms with E-state index in [1.54, 1.807) is 6.07 Å².